The van der Waals surface area contributed by atoms with Gasteiger partial charge in [0.05, 0.1) is 24.7 Å². The van der Waals surface area contributed by atoms with E-state index in [1.165, 1.54) is 7.11 Å². The van der Waals surface area contributed by atoms with Crippen LogP contribution in [-0.4, -0.2) is 60.9 Å². The number of hydrogen-bond donors (Lipinski definition) is 3. The lowest BCUT2D eigenvalue weighted by molar-refractivity contribution is 0.128. The van der Waals surface area contributed by atoms with Gasteiger partial charge >= 0.3 is 0 Å². The quantitative estimate of drug-likeness (QED) is 0.141. The summed E-state index contributed by atoms with van der Waals surface area (Å²) >= 11 is 0. The van der Waals surface area contributed by atoms with Crippen molar-refractivity contribution in [3.63, 3.8) is 0 Å². The highest BCUT2D eigenvalue weighted by Gasteiger charge is 2.13. The molecule has 0 fully saturated rings. The molecule has 0 bridgehead atoms. The Labute approximate surface area is 198 Å². The van der Waals surface area contributed by atoms with Crippen LogP contribution in [0.1, 0.15) is 32.8 Å². The van der Waals surface area contributed by atoms with Gasteiger partial charge in [0.15, 0.2) is 5.96 Å². The van der Waals surface area contributed by atoms with Crippen LogP contribution in [0.15, 0.2) is 34.2 Å². The molecular formula is C20H37IN4O4S. The van der Waals surface area contributed by atoms with Gasteiger partial charge in [0.1, 0.15) is 0 Å². The number of nitrogens with one attached hydrogen (secondary N) is 3. The summed E-state index contributed by atoms with van der Waals surface area (Å²) in [5.74, 6) is 1.31. The zero-order chi connectivity index (χ0) is 21.5. The largest absolute Gasteiger partial charge is 0.383 e. The van der Waals surface area contributed by atoms with Gasteiger partial charge in [-0.15, -0.1) is 24.0 Å². The first-order valence-corrected chi connectivity index (χ1v) is 11.5. The second kappa shape index (κ2) is 16.7. The van der Waals surface area contributed by atoms with Crippen molar-refractivity contribution < 1.29 is 17.9 Å². The summed E-state index contributed by atoms with van der Waals surface area (Å²) in [6.07, 6.45) is 1.05. The van der Waals surface area contributed by atoms with Gasteiger partial charge in [-0.1, -0.05) is 26.0 Å². The van der Waals surface area contributed by atoms with Crippen LogP contribution in [0.4, 0.5) is 0 Å². The topological polar surface area (TPSA) is 101 Å². The van der Waals surface area contributed by atoms with E-state index in [0.717, 1.165) is 25.1 Å². The molecule has 174 valence electrons. The maximum atomic E-state index is 12.3. The number of rotatable bonds is 14. The Morgan fingerprint density at radius 1 is 1.13 bits per heavy atom. The number of aliphatic imine (C=N–C) groups is 1. The fourth-order valence-corrected chi connectivity index (χ4v) is 3.43. The summed E-state index contributed by atoms with van der Waals surface area (Å²) in [4.78, 5) is 4.75. The van der Waals surface area contributed by atoms with E-state index in [0.29, 0.717) is 38.2 Å². The molecule has 0 saturated carbocycles. The summed E-state index contributed by atoms with van der Waals surface area (Å²) in [6.45, 7) is 10.0. The summed E-state index contributed by atoms with van der Waals surface area (Å²) in [7, 11) is -2.03. The lowest BCUT2D eigenvalue weighted by Gasteiger charge is -2.12. The summed E-state index contributed by atoms with van der Waals surface area (Å²) in [5.41, 5.74) is 0.810. The van der Waals surface area contributed by atoms with Gasteiger partial charge in [0.2, 0.25) is 10.0 Å². The third-order valence-electron chi connectivity index (χ3n) is 3.95. The average molecular weight is 557 g/mol. The molecule has 0 radical (unpaired) electrons. The number of nitrogens with zero attached hydrogens (tertiary/aromatic N) is 1. The molecule has 1 rings (SSSR count). The lowest BCUT2D eigenvalue weighted by atomic mass is 10.1. The molecule has 0 aliphatic rings. The van der Waals surface area contributed by atoms with Crippen molar-refractivity contribution in [2.45, 2.75) is 38.6 Å². The third-order valence-corrected chi connectivity index (χ3v) is 5.41. The molecule has 1 aromatic rings. The smallest absolute Gasteiger partial charge is 0.240 e. The molecule has 0 amide bonds. The molecule has 3 N–H and O–H groups in total. The van der Waals surface area contributed by atoms with Crippen LogP contribution in [0.2, 0.25) is 0 Å². The second-order valence-electron chi connectivity index (χ2n) is 6.95. The summed E-state index contributed by atoms with van der Waals surface area (Å²) in [5, 5.41) is 6.41. The normalized spacial score (nSPS) is 12.0. The minimum absolute atomic E-state index is 0. The third kappa shape index (κ3) is 12.7. The van der Waals surface area contributed by atoms with Gasteiger partial charge in [-0.25, -0.2) is 18.1 Å². The van der Waals surface area contributed by atoms with E-state index < -0.39 is 10.0 Å². The predicted octanol–water partition coefficient (Wildman–Crippen LogP) is 2.35. The van der Waals surface area contributed by atoms with Gasteiger partial charge in [0.25, 0.3) is 0 Å². The zero-order valence-electron chi connectivity index (χ0n) is 18.4. The van der Waals surface area contributed by atoms with Crippen LogP contribution >= 0.6 is 24.0 Å². The van der Waals surface area contributed by atoms with E-state index in [-0.39, 0.29) is 35.4 Å². The first-order chi connectivity index (χ1) is 13.9. The van der Waals surface area contributed by atoms with E-state index in [4.69, 9.17) is 9.47 Å². The zero-order valence-corrected chi connectivity index (χ0v) is 21.6. The van der Waals surface area contributed by atoms with Gasteiger partial charge in [0, 0.05) is 33.4 Å². The maximum absolute atomic E-state index is 12.3. The van der Waals surface area contributed by atoms with E-state index in [9.17, 15) is 8.42 Å². The standard InChI is InChI=1S/C20H36N4O4S.HI/c1-5-21-20(22-10-14-28-12-9-17(2)3)23-16-18-7-6-8-19(15-18)29(25,26)24-11-13-27-4;/h6-8,15,17,24H,5,9-14,16H2,1-4H3,(H2,21,22,23);1H. The average Bonchev–Trinajstić information content (AvgIpc) is 2.68. The van der Waals surface area contributed by atoms with Crippen LogP contribution in [0.5, 0.6) is 0 Å². The molecule has 0 unspecified atom stereocenters. The minimum atomic E-state index is -3.56. The second-order valence-corrected chi connectivity index (χ2v) is 8.72. The number of guanidine groups is 1. The van der Waals surface area contributed by atoms with E-state index >= 15 is 0 Å². The Morgan fingerprint density at radius 2 is 1.90 bits per heavy atom. The molecule has 0 aromatic heterocycles. The van der Waals surface area contributed by atoms with Crippen molar-refractivity contribution in [1.82, 2.24) is 15.4 Å². The number of ether oxygens (including phenoxy) is 2. The van der Waals surface area contributed by atoms with Crippen molar-refractivity contribution in [3.05, 3.63) is 29.8 Å². The maximum Gasteiger partial charge on any atom is 0.240 e. The first kappa shape index (κ1) is 29.1. The number of sulfonamides is 1. The molecule has 0 aliphatic heterocycles. The minimum Gasteiger partial charge on any atom is -0.383 e. The molecule has 0 atom stereocenters. The van der Waals surface area contributed by atoms with Crippen molar-refractivity contribution in [2.24, 2.45) is 10.9 Å². The lowest BCUT2D eigenvalue weighted by Crippen LogP contribution is -2.39. The van der Waals surface area contributed by atoms with E-state index in [2.05, 4.69) is 34.2 Å². The van der Waals surface area contributed by atoms with Gasteiger partial charge in [-0.05, 0) is 37.0 Å². The molecule has 0 aliphatic carbocycles. The van der Waals surface area contributed by atoms with E-state index in [1.54, 1.807) is 18.2 Å². The molecule has 0 saturated heterocycles. The highest BCUT2D eigenvalue weighted by atomic mass is 127. The fourth-order valence-electron chi connectivity index (χ4n) is 2.35. The Bertz CT molecular complexity index is 715. The van der Waals surface area contributed by atoms with E-state index in [1.807, 2.05) is 13.0 Å². The molecule has 0 heterocycles. The number of hydrogen-bond acceptors (Lipinski definition) is 5. The summed E-state index contributed by atoms with van der Waals surface area (Å²) < 4.78 is 37.7. The summed E-state index contributed by atoms with van der Waals surface area (Å²) in [6, 6.07) is 6.78. The van der Waals surface area contributed by atoms with Crippen LogP contribution in [0.25, 0.3) is 0 Å². The fraction of sp³-hybridized carbons (Fsp3) is 0.650. The Kier molecular flexibility index (Phi) is 16.2. The number of halogens is 1. The highest BCUT2D eigenvalue weighted by Crippen LogP contribution is 2.12. The first-order valence-electron chi connectivity index (χ1n) is 10.1. The molecule has 8 nitrogen and oxygen atoms in total. The van der Waals surface area contributed by atoms with Crippen molar-refractivity contribution in [1.29, 1.82) is 0 Å². The Balaban J connectivity index is 0.00000841. The highest BCUT2D eigenvalue weighted by molar-refractivity contribution is 14.0. The van der Waals surface area contributed by atoms with Gasteiger partial charge < -0.3 is 20.1 Å². The molecular weight excluding hydrogens is 519 g/mol. The molecule has 10 heteroatoms. The van der Waals surface area contributed by atoms with Gasteiger partial charge in [-0.2, -0.15) is 0 Å². The number of benzene rings is 1. The molecule has 0 spiro atoms. The van der Waals surface area contributed by atoms with Crippen molar-refractivity contribution in [2.75, 3.05) is 46.6 Å². The van der Waals surface area contributed by atoms with Crippen molar-refractivity contribution >= 4 is 40.0 Å². The van der Waals surface area contributed by atoms with Crippen LogP contribution in [0.3, 0.4) is 0 Å². The predicted molar refractivity (Wildman–Crippen MR) is 132 cm³/mol. The Hall–Kier alpha value is -0.950. The van der Waals surface area contributed by atoms with Crippen LogP contribution in [0, 0.1) is 5.92 Å². The monoisotopic (exact) mass is 556 g/mol. The van der Waals surface area contributed by atoms with Crippen LogP contribution < -0.4 is 15.4 Å². The molecule has 30 heavy (non-hydrogen) atoms. The SMILES string of the molecule is CCNC(=NCc1cccc(S(=O)(=O)NCCOC)c1)NCCOCCC(C)C.I. The van der Waals surface area contributed by atoms with Gasteiger partial charge in [-0.3, -0.25) is 0 Å². The Morgan fingerprint density at radius 3 is 2.57 bits per heavy atom. The number of methoxy groups -OCH3 is 1. The van der Waals surface area contributed by atoms with Crippen LogP contribution in [-0.2, 0) is 26.0 Å². The van der Waals surface area contributed by atoms with Crippen molar-refractivity contribution in [3.8, 4) is 0 Å². The molecule has 1 aromatic carbocycles.